The van der Waals surface area contributed by atoms with Crippen LogP contribution in [0.1, 0.15) is 18.9 Å². The number of ether oxygens (including phenoxy) is 1. The fourth-order valence-electron chi connectivity index (χ4n) is 1.63. The highest BCUT2D eigenvalue weighted by molar-refractivity contribution is 6.30. The number of benzene rings is 1. The second-order valence-corrected chi connectivity index (χ2v) is 3.94. The van der Waals surface area contributed by atoms with E-state index in [-0.39, 0.29) is 11.9 Å². The van der Waals surface area contributed by atoms with Gasteiger partial charge < -0.3 is 4.74 Å². The summed E-state index contributed by atoms with van der Waals surface area (Å²) in [4.78, 5) is 11.1. The fraction of sp³-hybridized carbons (Fsp3) is 0.364. The Bertz CT molecular complexity index is 374. The third-order valence-corrected chi connectivity index (χ3v) is 2.66. The Kier molecular flexibility index (Phi) is 2.46. The van der Waals surface area contributed by atoms with Crippen molar-refractivity contribution < 1.29 is 9.53 Å². The molecule has 1 aromatic carbocycles. The molecule has 1 aliphatic rings. The molecule has 14 heavy (non-hydrogen) atoms. The highest BCUT2D eigenvalue weighted by Crippen LogP contribution is 2.30. The molecule has 3 heteroatoms. The van der Waals surface area contributed by atoms with Crippen molar-refractivity contribution in [3.05, 3.63) is 28.8 Å². The van der Waals surface area contributed by atoms with Crippen molar-refractivity contribution in [3.8, 4) is 5.75 Å². The summed E-state index contributed by atoms with van der Waals surface area (Å²) in [5.74, 6) is 0.833. The van der Waals surface area contributed by atoms with E-state index in [4.69, 9.17) is 16.3 Å². The van der Waals surface area contributed by atoms with E-state index in [1.54, 1.807) is 13.0 Å². The van der Waals surface area contributed by atoms with Crippen LogP contribution in [0.3, 0.4) is 0 Å². The number of fused-ring (bicyclic) bond motifs is 1. The van der Waals surface area contributed by atoms with E-state index >= 15 is 0 Å². The lowest BCUT2D eigenvalue weighted by molar-refractivity contribution is -0.124. The van der Waals surface area contributed by atoms with Gasteiger partial charge in [-0.2, -0.15) is 0 Å². The molecule has 0 amide bonds. The van der Waals surface area contributed by atoms with Crippen LogP contribution in [0.4, 0.5) is 0 Å². The van der Waals surface area contributed by atoms with Crippen LogP contribution in [0.15, 0.2) is 18.2 Å². The van der Waals surface area contributed by atoms with Crippen LogP contribution in [-0.4, -0.2) is 11.9 Å². The van der Waals surface area contributed by atoms with E-state index in [0.717, 1.165) is 24.2 Å². The lowest BCUT2D eigenvalue weighted by atomic mass is 10.0. The third-order valence-electron chi connectivity index (χ3n) is 2.43. The van der Waals surface area contributed by atoms with Crippen LogP contribution >= 0.6 is 11.6 Å². The summed E-state index contributed by atoms with van der Waals surface area (Å²) in [5, 5.41) is 0.646. The molecule has 1 aromatic rings. The minimum Gasteiger partial charge on any atom is -0.482 e. The average molecular weight is 211 g/mol. The zero-order valence-corrected chi connectivity index (χ0v) is 8.67. The van der Waals surface area contributed by atoms with Crippen molar-refractivity contribution in [2.24, 2.45) is 0 Å². The van der Waals surface area contributed by atoms with Gasteiger partial charge >= 0.3 is 0 Å². The molecule has 1 atom stereocenters. The van der Waals surface area contributed by atoms with Crippen LogP contribution < -0.4 is 4.74 Å². The van der Waals surface area contributed by atoms with Crippen LogP contribution in [0.2, 0.25) is 5.02 Å². The maximum absolute atomic E-state index is 11.1. The highest BCUT2D eigenvalue weighted by Gasteiger charge is 2.22. The maximum Gasteiger partial charge on any atom is 0.170 e. The van der Waals surface area contributed by atoms with Crippen LogP contribution in [0, 0.1) is 0 Å². The first-order chi connectivity index (χ1) is 6.66. The zero-order valence-electron chi connectivity index (χ0n) is 7.92. The molecular weight excluding hydrogens is 200 g/mol. The van der Waals surface area contributed by atoms with Crippen molar-refractivity contribution in [3.63, 3.8) is 0 Å². The molecule has 0 spiro atoms. The first kappa shape index (κ1) is 9.53. The van der Waals surface area contributed by atoms with Gasteiger partial charge in [0.25, 0.3) is 0 Å². The Morgan fingerprint density at radius 1 is 1.57 bits per heavy atom. The van der Waals surface area contributed by atoms with E-state index in [2.05, 4.69) is 0 Å². The molecule has 0 radical (unpaired) electrons. The summed E-state index contributed by atoms with van der Waals surface area (Å²) in [6.45, 7) is 1.56. The van der Waals surface area contributed by atoms with Gasteiger partial charge in [0, 0.05) is 5.02 Å². The van der Waals surface area contributed by atoms with E-state index in [9.17, 15) is 4.79 Å². The van der Waals surface area contributed by atoms with Gasteiger partial charge in [0.2, 0.25) is 0 Å². The fourth-order valence-corrected chi connectivity index (χ4v) is 1.79. The topological polar surface area (TPSA) is 26.3 Å². The molecule has 0 fully saturated rings. The minimum absolute atomic E-state index is 0.0793. The summed E-state index contributed by atoms with van der Waals surface area (Å²) in [5.41, 5.74) is 1.13. The normalized spacial score (nSPS) is 19.7. The third kappa shape index (κ3) is 1.75. The van der Waals surface area contributed by atoms with Crippen molar-refractivity contribution >= 4 is 17.4 Å². The molecule has 0 aliphatic carbocycles. The molecule has 2 rings (SSSR count). The standard InChI is InChI=1S/C11H11ClO2/c1-7(13)10-5-3-8-2-4-9(12)6-11(8)14-10/h2,4,6,10H,3,5H2,1H3. The Balaban J connectivity index is 2.29. The van der Waals surface area contributed by atoms with Gasteiger partial charge in [-0.25, -0.2) is 0 Å². The van der Waals surface area contributed by atoms with Gasteiger partial charge in [-0.1, -0.05) is 17.7 Å². The average Bonchev–Trinajstić information content (AvgIpc) is 2.16. The maximum atomic E-state index is 11.1. The number of halogens is 1. The first-order valence-electron chi connectivity index (χ1n) is 4.62. The number of carbonyl (C=O) groups is 1. The Morgan fingerprint density at radius 2 is 2.36 bits per heavy atom. The van der Waals surface area contributed by atoms with Gasteiger partial charge in [-0.05, 0) is 37.5 Å². The Morgan fingerprint density at radius 3 is 3.07 bits per heavy atom. The predicted molar refractivity (Wildman–Crippen MR) is 54.9 cm³/mol. The van der Waals surface area contributed by atoms with Gasteiger partial charge in [-0.15, -0.1) is 0 Å². The van der Waals surface area contributed by atoms with Gasteiger partial charge in [-0.3, -0.25) is 4.79 Å². The molecule has 1 unspecified atom stereocenters. The second kappa shape index (κ2) is 3.62. The lowest BCUT2D eigenvalue weighted by Crippen LogP contribution is -2.29. The van der Waals surface area contributed by atoms with E-state index in [1.807, 2.05) is 12.1 Å². The Labute approximate surface area is 87.8 Å². The molecule has 0 N–H and O–H groups in total. The summed E-state index contributed by atoms with van der Waals surface area (Å²) >= 11 is 5.84. The van der Waals surface area contributed by atoms with Crippen LogP contribution in [-0.2, 0) is 11.2 Å². The molecule has 0 bridgehead atoms. The number of aryl methyl sites for hydroxylation is 1. The lowest BCUT2D eigenvalue weighted by Gasteiger charge is -2.24. The SMILES string of the molecule is CC(=O)C1CCc2ccc(Cl)cc2O1. The van der Waals surface area contributed by atoms with Gasteiger partial charge in [0.05, 0.1) is 0 Å². The monoisotopic (exact) mass is 210 g/mol. The largest absolute Gasteiger partial charge is 0.482 e. The van der Waals surface area contributed by atoms with Crippen LogP contribution in [0.25, 0.3) is 0 Å². The quantitative estimate of drug-likeness (QED) is 0.712. The van der Waals surface area contributed by atoms with Crippen LogP contribution in [0.5, 0.6) is 5.75 Å². The number of hydrogen-bond acceptors (Lipinski definition) is 2. The van der Waals surface area contributed by atoms with E-state index in [1.165, 1.54) is 0 Å². The number of carbonyl (C=O) groups excluding carboxylic acids is 1. The number of hydrogen-bond donors (Lipinski definition) is 0. The smallest absolute Gasteiger partial charge is 0.170 e. The number of Topliss-reactive ketones (excluding diaryl/α,β-unsaturated/α-hetero) is 1. The van der Waals surface area contributed by atoms with Gasteiger partial charge in [0.15, 0.2) is 11.9 Å². The predicted octanol–water partition coefficient (Wildman–Crippen LogP) is 2.62. The molecule has 74 valence electrons. The summed E-state index contributed by atoms with van der Waals surface area (Å²) < 4.78 is 5.54. The molecule has 1 heterocycles. The Hall–Kier alpha value is -1.02. The van der Waals surface area contributed by atoms with Gasteiger partial charge in [0.1, 0.15) is 5.75 Å². The second-order valence-electron chi connectivity index (χ2n) is 3.51. The molecule has 0 saturated carbocycles. The number of rotatable bonds is 1. The molecule has 0 saturated heterocycles. The molecular formula is C11H11ClO2. The number of ketones is 1. The highest BCUT2D eigenvalue weighted by atomic mass is 35.5. The van der Waals surface area contributed by atoms with Crippen molar-refractivity contribution in [2.75, 3.05) is 0 Å². The summed E-state index contributed by atoms with van der Waals surface area (Å²) in [6, 6.07) is 5.57. The molecule has 2 nitrogen and oxygen atoms in total. The van der Waals surface area contributed by atoms with E-state index < -0.39 is 0 Å². The summed E-state index contributed by atoms with van der Waals surface area (Å²) in [6.07, 6.45) is 1.36. The zero-order chi connectivity index (χ0) is 10.1. The van der Waals surface area contributed by atoms with Crippen molar-refractivity contribution in [2.45, 2.75) is 25.9 Å². The molecule has 0 aromatic heterocycles. The summed E-state index contributed by atoms with van der Waals surface area (Å²) in [7, 11) is 0. The minimum atomic E-state index is -0.291. The van der Waals surface area contributed by atoms with Crippen molar-refractivity contribution in [1.82, 2.24) is 0 Å². The first-order valence-corrected chi connectivity index (χ1v) is 5.00. The molecule has 1 aliphatic heterocycles. The van der Waals surface area contributed by atoms with Crippen molar-refractivity contribution in [1.29, 1.82) is 0 Å². The van der Waals surface area contributed by atoms with E-state index in [0.29, 0.717) is 5.02 Å².